The fourth-order valence-corrected chi connectivity index (χ4v) is 2.98. The molecule has 0 radical (unpaired) electrons. The van der Waals surface area contributed by atoms with Gasteiger partial charge in [0, 0.05) is 17.9 Å². The van der Waals surface area contributed by atoms with Gasteiger partial charge in [0.05, 0.1) is 0 Å². The monoisotopic (exact) mass is 247 g/mol. The van der Waals surface area contributed by atoms with Crippen molar-refractivity contribution in [2.24, 2.45) is 5.41 Å². The van der Waals surface area contributed by atoms with Crippen LogP contribution in [0.15, 0.2) is 24.3 Å². The summed E-state index contributed by atoms with van der Waals surface area (Å²) >= 11 is 0. The molecule has 3 atom stereocenters. The second-order valence-corrected chi connectivity index (χ2v) is 5.50. The Kier molecular flexibility index (Phi) is 3.96. The van der Waals surface area contributed by atoms with Crippen LogP contribution in [0.5, 0.6) is 5.75 Å². The van der Waals surface area contributed by atoms with Crippen molar-refractivity contribution >= 4 is 0 Å². The van der Waals surface area contributed by atoms with Gasteiger partial charge in [-0.1, -0.05) is 39.0 Å². The highest BCUT2D eigenvalue weighted by Gasteiger charge is 2.51. The van der Waals surface area contributed by atoms with E-state index in [1.54, 1.807) is 0 Å². The van der Waals surface area contributed by atoms with Crippen LogP contribution in [0.25, 0.3) is 0 Å². The third-order valence-electron chi connectivity index (χ3n) is 4.71. The van der Waals surface area contributed by atoms with Gasteiger partial charge in [0.15, 0.2) is 0 Å². The lowest BCUT2D eigenvalue weighted by Gasteiger charge is -2.53. The molecule has 0 bridgehead atoms. The normalized spacial score (nSPS) is 30.9. The Morgan fingerprint density at radius 1 is 1.33 bits per heavy atom. The van der Waals surface area contributed by atoms with E-state index < -0.39 is 0 Å². The predicted molar refractivity (Wildman–Crippen MR) is 76.1 cm³/mol. The minimum atomic E-state index is 0.260. The molecule has 0 aromatic heterocycles. The SMILES string of the molecule is CCc1ccccc1OC1CC(NC)C1(C)CC. The third kappa shape index (κ3) is 2.14. The molecule has 3 unspecified atom stereocenters. The number of aryl methyl sites for hydroxylation is 1. The van der Waals surface area contributed by atoms with E-state index in [0.717, 1.165) is 25.0 Å². The topological polar surface area (TPSA) is 21.3 Å². The van der Waals surface area contributed by atoms with E-state index >= 15 is 0 Å². The number of benzene rings is 1. The second kappa shape index (κ2) is 5.31. The molecule has 1 aromatic rings. The van der Waals surface area contributed by atoms with Crippen LogP contribution < -0.4 is 10.1 Å². The van der Waals surface area contributed by atoms with Crippen LogP contribution in [0.1, 0.15) is 39.2 Å². The first-order chi connectivity index (χ1) is 8.65. The van der Waals surface area contributed by atoms with Crippen molar-refractivity contribution in [2.75, 3.05) is 7.05 Å². The first kappa shape index (κ1) is 13.4. The molecule has 1 aromatic carbocycles. The van der Waals surface area contributed by atoms with Crippen molar-refractivity contribution in [3.8, 4) is 5.75 Å². The van der Waals surface area contributed by atoms with Gasteiger partial charge < -0.3 is 10.1 Å². The lowest BCUT2D eigenvalue weighted by molar-refractivity contribution is -0.0681. The van der Waals surface area contributed by atoms with Crippen molar-refractivity contribution in [1.29, 1.82) is 0 Å². The number of para-hydroxylation sites is 1. The zero-order valence-electron chi connectivity index (χ0n) is 12.0. The molecule has 100 valence electrons. The largest absolute Gasteiger partial charge is 0.489 e. The summed E-state index contributed by atoms with van der Waals surface area (Å²) in [7, 11) is 2.05. The Morgan fingerprint density at radius 3 is 2.67 bits per heavy atom. The Labute approximate surface area is 111 Å². The van der Waals surface area contributed by atoms with E-state index in [1.807, 2.05) is 0 Å². The minimum Gasteiger partial charge on any atom is -0.489 e. The second-order valence-electron chi connectivity index (χ2n) is 5.50. The van der Waals surface area contributed by atoms with E-state index in [1.165, 1.54) is 5.56 Å². The molecule has 2 nitrogen and oxygen atoms in total. The minimum absolute atomic E-state index is 0.260. The molecule has 1 aliphatic rings. The van der Waals surface area contributed by atoms with Gasteiger partial charge in [0.25, 0.3) is 0 Å². The lowest BCUT2D eigenvalue weighted by atomic mass is 9.61. The fraction of sp³-hybridized carbons (Fsp3) is 0.625. The summed E-state index contributed by atoms with van der Waals surface area (Å²) in [4.78, 5) is 0. The van der Waals surface area contributed by atoms with Crippen LogP contribution in [0.2, 0.25) is 0 Å². The smallest absolute Gasteiger partial charge is 0.122 e. The zero-order valence-corrected chi connectivity index (χ0v) is 12.0. The fourth-order valence-electron chi connectivity index (χ4n) is 2.98. The maximum absolute atomic E-state index is 6.27. The Balaban J connectivity index is 2.11. The highest BCUT2D eigenvalue weighted by Crippen LogP contribution is 2.46. The summed E-state index contributed by atoms with van der Waals surface area (Å²) in [6.07, 6.45) is 3.63. The summed E-state index contributed by atoms with van der Waals surface area (Å²) in [5, 5.41) is 3.41. The molecular formula is C16H25NO. The van der Waals surface area contributed by atoms with Crippen LogP contribution in [0, 0.1) is 5.41 Å². The molecule has 1 aliphatic carbocycles. The molecule has 0 saturated heterocycles. The first-order valence-electron chi connectivity index (χ1n) is 7.07. The molecule has 0 spiro atoms. The zero-order chi connectivity index (χ0) is 13.2. The molecule has 0 amide bonds. The van der Waals surface area contributed by atoms with Crippen LogP contribution >= 0.6 is 0 Å². The molecule has 0 aliphatic heterocycles. The average molecular weight is 247 g/mol. The van der Waals surface area contributed by atoms with Crippen LogP contribution in [0.3, 0.4) is 0 Å². The highest BCUT2D eigenvalue weighted by molar-refractivity contribution is 5.34. The van der Waals surface area contributed by atoms with Crippen molar-refractivity contribution in [3.63, 3.8) is 0 Å². The predicted octanol–water partition coefficient (Wildman–Crippen LogP) is 3.40. The third-order valence-corrected chi connectivity index (χ3v) is 4.71. The van der Waals surface area contributed by atoms with Crippen molar-refractivity contribution in [3.05, 3.63) is 29.8 Å². The van der Waals surface area contributed by atoms with Gasteiger partial charge in [-0.25, -0.2) is 0 Å². The van der Waals surface area contributed by atoms with Crippen molar-refractivity contribution in [1.82, 2.24) is 5.32 Å². The van der Waals surface area contributed by atoms with E-state index in [9.17, 15) is 0 Å². The van der Waals surface area contributed by atoms with E-state index in [-0.39, 0.29) is 5.41 Å². The number of hydrogen-bond acceptors (Lipinski definition) is 2. The Hall–Kier alpha value is -1.02. The molecule has 0 heterocycles. The average Bonchev–Trinajstić information content (AvgIpc) is 2.42. The first-order valence-corrected chi connectivity index (χ1v) is 7.07. The maximum atomic E-state index is 6.27. The molecule has 1 saturated carbocycles. The number of nitrogens with one attached hydrogen (secondary N) is 1. The number of rotatable bonds is 5. The van der Waals surface area contributed by atoms with Gasteiger partial charge in [-0.15, -0.1) is 0 Å². The van der Waals surface area contributed by atoms with E-state index in [0.29, 0.717) is 12.1 Å². The van der Waals surface area contributed by atoms with Gasteiger partial charge in [0.1, 0.15) is 11.9 Å². The standard InChI is InChI=1S/C16H25NO/c1-5-12-9-7-8-10-13(12)18-15-11-14(17-4)16(15,3)6-2/h7-10,14-15,17H,5-6,11H2,1-4H3. The number of hydrogen-bond donors (Lipinski definition) is 1. The van der Waals surface area contributed by atoms with Gasteiger partial charge >= 0.3 is 0 Å². The van der Waals surface area contributed by atoms with Crippen LogP contribution in [0.4, 0.5) is 0 Å². The Bertz CT molecular complexity index is 404. The number of ether oxygens (including phenoxy) is 1. The lowest BCUT2D eigenvalue weighted by Crippen LogP contribution is -2.62. The summed E-state index contributed by atoms with van der Waals surface area (Å²) in [5.41, 5.74) is 1.57. The molecule has 1 fully saturated rings. The van der Waals surface area contributed by atoms with Gasteiger partial charge in [-0.05, 0) is 31.5 Å². The van der Waals surface area contributed by atoms with Crippen LogP contribution in [-0.4, -0.2) is 19.2 Å². The molecule has 2 rings (SSSR count). The van der Waals surface area contributed by atoms with E-state index in [2.05, 4.69) is 57.4 Å². The molecule has 2 heteroatoms. The Morgan fingerprint density at radius 2 is 2.06 bits per heavy atom. The van der Waals surface area contributed by atoms with Crippen molar-refractivity contribution < 1.29 is 4.74 Å². The van der Waals surface area contributed by atoms with Gasteiger partial charge in [-0.2, -0.15) is 0 Å². The maximum Gasteiger partial charge on any atom is 0.122 e. The molecule has 18 heavy (non-hydrogen) atoms. The summed E-state index contributed by atoms with van der Waals surface area (Å²) < 4.78 is 6.27. The quantitative estimate of drug-likeness (QED) is 0.861. The van der Waals surface area contributed by atoms with E-state index in [4.69, 9.17) is 4.74 Å². The summed E-state index contributed by atoms with van der Waals surface area (Å²) in [5.74, 6) is 1.07. The highest BCUT2D eigenvalue weighted by atomic mass is 16.5. The van der Waals surface area contributed by atoms with Gasteiger partial charge in [0.2, 0.25) is 0 Å². The van der Waals surface area contributed by atoms with Crippen LogP contribution in [-0.2, 0) is 6.42 Å². The molecular weight excluding hydrogens is 222 g/mol. The summed E-state index contributed by atoms with van der Waals surface area (Å²) in [6, 6.07) is 8.99. The molecule has 1 N–H and O–H groups in total. The van der Waals surface area contributed by atoms with Gasteiger partial charge in [-0.3, -0.25) is 0 Å². The van der Waals surface area contributed by atoms with Crippen molar-refractivity contribution in [2.45, 2.75) is 52.2 Å². The summed E-state index contributed by atoms with van der Waals surface area (Å²) in [6.45, 7) is 6.76.